The fourth-order valence-electron chi connectivity index (χ4n) is 2.84. The minimum absolute atomic E-state index is 0. The van der Waals surface area contributed by atoms with E-state index in [1.807, 2.05) is 11.8 Å². The second-order valence-corrected chi connectivity index (χ2v) is 6.38. The van der Waals surface area contributed by atoms with Crippen LogP contribution in [0.25, 0.3) is 0 Å². The number of fused-ring (bicyclic) bond motifs is 1. The van der Waals surface area contributed by atoms with Crippen molar-refractivity contribution in [3.05, 3.63) is 29.8 Å². The molecule has 0 bridgehead atoms. The third kappa shape index (κ3) is 3.48. The zero-order valence-electron chi connectivity index (χ0n) is 11.4. The first-order valence-electron chi connectivity index (χ1n) is 7.10. The summed E-state index contributed by atoms with van der Waals surface area (Å²) in [6, 6.07) is 8.61. The van der Waals surface area contributed by atoms with Crippen molar-refractivity contribution in [1.29, 1.82) is 0 Å². The average Bonchev–Trinajstić information content (AvgIpc) is 2.48. The Morgan fingerprint density at radius 1 is 1.25 bits per heavy atom. The maximum atomic E-state index is 12.3. The zero-order valence-corrected chi connectivity index (χ0v) is 13.1. The second kappa shape index (κ2) is 7.34. The zero-order chi connectivity index (χ0) is 13.1. The molecule has 0 radical (unpaired) electrons. The molecule has 110 valence electrons. The maximum Gasteiger partial charge on any atom is 0.237 e. The number of carbonyl (C=O) groups excluding carboxylic acids is 1. The van der Waals surface area contributed by atoms with E-state index in [0.29, 0.717) is 0 Å². The molecule has 1 unspecified atom stereocenters. The number of carbonyl (C=O) groups is 1. The van der Waals surface area contributed by atoms with Gasteiger partial charge in [-0.1, -0.05) is 24.6 Å². The predicted octanol–water partition coefficient (Wildman–Crippen LogP) is 2.90. The number of rotatable bonds is 2. The molecule has 0 saturated carbocycles. The van der Waals surface area contributed by atoms with Gasteiger partial charge >= 0.3 is 0 Å². The van der Waals surface area contributed by atoms with Gasteiger partial charge in [0.2, 0.25) is 5.91 Å². The molecule has 1 aromatic rings. The van der Waals surface area contributed by atoms with Crippen LogP contribution in [0.4, 0.5) is 0 Å². The summed E-state index contributed by atoms with van der Waals surface area (Å²) in [5.74, 6) is 1.26. The lowest BCUT2D eigenvalue weighted by Crippen LogP contribution is -2.47. The van der Waals surface area contributed by atoms with Crippen LogP contribution < -0.4 is 10.6 Å². The van der Waals surface area contributed by atoms with Gasteiger partial charge in [0.1, 0.15) is 0 Å². The third-order valence-corrected chi connectivity index (χ3v) is 5.02. The van der Waals surface area contributed by atoms with Crippen LogP contribution in [0, 0.1) is 0 Å². The Kier molecular flexibility index (Phi) is 5.75. The summed E-state index contributed by atoms with van der Waals surface area (Å²) < 4.78 is 0. The van der Waals surface area contributed by atoms with Crippen LogP contribution in [0.2, 0.25) is 0 Å². The molecule has 2 atom stereocenters. The molecule has 2 N–H and O–H groups in total. The molecule has 3 rings (SSSR count). The number of hydrogen-bond acceptors (Lipinski definition) is 3. The van der Waals surface area contributed by atoms with Crippen molar-refractivity contribution in [2.45, 2.75) is 42.7 Å². The normalized spacial score (nSPS) is 25.2. The van der Waals surface area contributed by atoms with Crippen LogP contribution in [-0.4, -0.2) is 24.2 Å². The van der Waals surface area contributed by atoms with Crippen molar-refractivity contribution in [2.24, 2.45) is 0 Å². The van der Waals surface area contributed by atoms with E-state index in [-0.39, 0.29) is 30.4 Å². The molecule has 0 aromatic heterocycles. The number of nitrogens with one attached hydrogen (secondary N) is 2. The Morgan fingerprint density at radius 3 is 2.90 bits per heavy atom. The summed E-state index contributed by atoms with van der Waals surface area (Å²) in [4.78, 5) is 13.6. The van der Waals surface area contributed by atoms with E-state index in [0.717, 1.165) is 31.6 Å². The topological polar surface area (TPSA) is 41.1 Å². The van der Waals surface area contributed by atoms with Gasteiger partial charge in [0.05, 0.1) is 12.1 Å². The molecule has 3 nitrogen and oxygen atoms in total. The van der Waals surface area contributed by atoms with Crippen molar-refractivity contribution < 1.29 is 4.79 Å². The fraction of sp³-hybridized carbons (Fsp3) is 0.533. The number of halogens is 1. The van der Waals surface area contributed by atoms with Gasteiger partial charge in [-0.05, 0) is 37.4 Å². The maximum absolute atomic E-state index is 12.3. The van der Waals surface area contributed by atoms with Crippen LogP contribution in [0.15, 0.2) is 29.2 Å². The molecule has 2 aliphatic heterocycles. The molecule has 1 amide bonds. The van der Waals surface area contributed by atoms with E-state index in [4.69, 9.17) is 0 Å². The molecular formula is C15H21ClN2OS. The Morgan fingerprint density at radius 2 is 2.10 bits per heavy atom. The highest BCUT2D eigenvalue weighted by Crippen LogP contribution is 2.35. The van der Waals surface area contributed by atoms with E-state index in [1.165, 1.54) is 16.9 Å². The molecule has 1 aromatic carbocycles. The van der Waals surface area contributed by atoms with Crippen molar-refractivity contribution in [1.82, 2.24) is 10.6 Å². The van der Waals surface area contributed by atoms with Crippen molar-refractivity contribution in [3.63, 3.8) is 0 Å². The lowest BCUT2D eigenvalue weighted by Gasteiger charge is -2.29. The third-order valence-electron chi connectivity index (χ3n) is 3.90. The van der Waals surface area contributed by atoms with Crippen LogP contribution in [0.1, 0.15) is 37.3 Å². The van der Waals surface area contributed by atoms with E-state index in [2.05, 4.69) is 34.9 Å². The van der Waals surface area contributed by atoms with E-state index < -0.39 is 0 Å². The number of hydrogen-bond donors (Lipinski definition) is 2. The summed E-state index contributed by atoms with van der Waals surface area (Å²) in [6.07, 6.45) is 4.34. The smallest absolute Gasteiger partial charge is 0.237 e. The first-order valence-corrected chi connectivity index (χ1v) is 8.08. The van der Waals surface area contributed by atoms with Crippen LogP contribution >= 0.6 is 24.2 Å². The summed E-state index contributed by atoms with van der Waals surface area (Å²) in [5.41, 5.74) is 1.28. The van der Waals surface area contributed by atoms with Gasteiger partial charge in [-0.25, -0.2) is 0 Å². The number of benzene rings is 1. The molecule has 1 fully saturated rings. The Hall–Kier alpha value is -0.710. The van der Waals surface area contributed by atoms with Crippen LogP contribution in [0.3, 0.4) is 0 Å². The standard InChI is InChI=1S/C15H20N2OS.ClH/c18-15(13-6-3-4-9-16-13)17-12-8-10-19-14-7-2-1-5-11(12)14;/h1-2,5,7,12-13,16H,3-4,6,8-10H2,(H,17,18);1H/t12?,13-;/m1./s1. The highest BCUT2D eigenvalue weighted by molar-refractivity contribution is 7.99. The van der Waals surface area contributed by atoms with Gasteiger partial charge < -0.3 is 10.6 Å². The van der Waals surface area contributed by atoms with Gasteiger partial charge in [-0.15, -0.1) is 24.2 Å². The van der Waals surface area contributed by atoms with Crippen molar-refractivity contribution in [2.75, 3.05) is 12.3 Å². The molecule has 0 aliphatic carbocycles. The average molecular weight is 313 g/mol. The van der Waals surface area contributed by atoms with Gasteiger partial charge in [0.15, 0.2) is 0 Å². The molecule has 0 spiro atoms. The second-order valence-electron chi connectivity index (χ2n) is 5.24. The first-order chi connectivity index (χ1) is 9.34. The summed E-state index contributed by atoms with van der Waals surface area (Å²) in [5, 5.41) is 6.55. The summed E-state index contributed by atoms with van der Waals surface area (Å²) >= 11 is 1.89. The molecule has 20 heavy (non-hydrogen) atoms. The number of thioether (sulfide) groups is 1. The van der Waals surface area contributed by atoms with Gasteiger partial charge in [-0.3, -0.25) is 4.79 Å². The Labute approximate surface area is 130 Å². The molecule has 2 heterocycles. The first kappa shape index (κ1) is 15.7. The van der Waals surface area contributed by atoms with Gasteiger partial charge in [0, 0.05) is 10.6 Å². The largest absolute Gasteiger partial charge is 0.348 e. The minimum Gasteiger partial charge on any atom is -0.348 e. The van der Waals surface area contributed by atoms with E-state index in [9.17, 15) is 4.79 Å². The quantitative estimate of drug-likeness (QED) is 0.882. The number of amides is 1. The monoisotopic (exact) mass is 312 g/mol. The Bertz CT molecular complexity index is 463. The lowest BCUT2D eigenvalue weighted by atomic mass is 10.0. The highest BCUT2D eigenvalue weighted by atomic mass is 35.5. The molecule has 5 heteroatoms. The SMILES string of the molecule is Cl.O=C(NC1CCSc2ccccc21)[C@H]1CCCCN1. The van der Waals surface area contributed by atoms with Crippen molar-refractivity contribution in [3.8, 4) is 0 Å². The molecular weight excluding hydrogens is 292 g/mol. The fourth-order valence-corrected chi connectivity index (χ4v) is 3.97. The van der Waals surface area contributed by atoms with Gasteiger partial charge in [-0.2, -0.15) is 0 Å². The van der Waals surface area contributed by atoms with Crippen LogP contribution in [0.5, 0.6) is 0 Å². The van der Waals surface area contributed by atoms with Gasteiger partial charge in [0.25, 0.3) is 0 Å². The summed E-state index contributed by atoms with van der Waals surface area (Å²) in [6.45, 7) is 0.967. The highest BCUT2D eigenvalue weighted by Gasteiger charge is 2.26. The van der Waals surface area contributed by atoms with Crippen LogP contribution in [-0.2, 0) is 4.79 Å². The van der Waals surface area contributed by atoms with E-state index in [1.54, 1.807) is 0 Å². The minimum atomic E-state index is 0. The number of piperidine rings is 1. The van der Waals surface area contributed by atoms with Crippen molar-refractivity contribution >= 4 is 30.1 Å². The lowest BCUT2D eigenvalue weighted by molar-refractivity contribution is -0.124. The summed E-state index contributed by atoms with van der Waals surface area (Å²) in [7, 11) is 0. The molecule has 2 aliphatic rings. The van der Waals surface area contributed by atoms with E-state index >= 15 is 0 Å². The Balaban J connectivity index is 0.00000147. The predicted molar refractivity (Wildman–Crippen MR) is 85.6 cm³/mol. The molecule has 1 saturated heterocycles.